The molecule has 4 rings (SSSR count). The van der Waals surface area contributed by atoms with Crippen molar-refractivity contribution in [2.45, 2.75) is 32.9 Å². The first kappa shape index (κ1) is 24.1. The number of benzene rings is 1. The van der Waals surface area contributed by atoms with Gasteiger partial charge in [0.05, 0.1) is 29.4 Å². The van der Waals surface area contributed by atoms with Crippen molar-refractivity contribution in [3.8, 4) is 6.07 Å². The summed E-state index contributed by atoms with van der Waals surface area (Å²) in [5.74, 6) is 1.37. The number of alkyl halides is 3. The van der Waals surface area contributed by atoms with E-state index in [0.29, 0.717) is 55.6 Å². The first-order valence-corrected chi connectivity index (χ1v) is 11.3. The molecule has 2 aliphatic rings. The van der Waals surface area contributed by atoms with Gasteiger partial charge in [-0.05, 0) is 56.4 Å². The molecule has 182 valence electrons. The highest BCUT2D eigenvalue weighted by molar-refractivity contribution is 5.95. The Kier molecular flexibility index (Phi) is 6.38. The minimum Gasteiger partial charge on any atom is -0.466 e. The molecule has 0 saturated carbocycles. The maximum atomic E-state index is 13.5. The Labute approximate surface area is 196 Å². The van der Waals surface area contributed by atoms with E-state index in [0.717, 1.165) is 18.9 Å². The Morgan fingerprint density at radius 3 is 2.53 bits per heavy atom. The molecule has 6 nitrogen and oxygen atoms in total. The summed E-state index contributed by atoms with van der Waals surface area (Å²) < 4.78 is 51.5. The zero-order valence-electron chi connectivity index (χ0n) is 19.5. The van der Waals surface area contributed by atoms with Crippen molar-refractivity contribution >= 4 is 11.6 Å². The molecule has 1 aromatic carbocycles. The SMILES string of the molecule is COCC1CN(c2ccc(C#N)c(C(F)(F)F)c2)CC12CCN(C(=O)c1cc(C)oc1C)CC2. The van der Waals surface area contributed by atoms with Gasteiger partial charge >= 0.3 is 6.18 Å². The van der Waals surface area contributed by atoms with Crippen LogP contribution in [0.15, 0.2) is 28.7 Å². The van der Waals surface area contributed by atoms with Crippen LogP contribution in [-0.4, -0.2) is 50.7 Å². The number of rotatable bonds is 4. The molecule has 0 radical (unpaired) electrons. The number of ether oxygens (including phenoxy) is 1. The van der Waals surface area contributed by atoms with Gasteiger partial charge in [-0.3, -0.25) is 4.79 Å². The maximum absolute atomic E-state index is 13.5. The second kappa shape index (κ2) is 8.99. The fourth-order valence-electron chi connectivity index (χ4n) is 5.46. The van der Waals surface area contributed by atoms with Crippen molar-refractivity contribution in [1.29, 1.82) is 5.26 Å². The normalized spacial score (nSPS) is 20.1. The summed E-state index contributed by atoms with van der Waals surface area (Å²) in [6.07, 6.45) is -3.12. The van der Waals surface area contributed by atoms with Crippen LogP contribution in [0, 0.1) is 36.5 Å². The lowest BCUT2D eigenvalue weighted by molar-refractivity contribution is -0.137. The van der Waals surface area contributed by atoms with Gasteiger partial charge in [0.15, 0.2) is 0 Å². The Hall–Kier alpha value is -2.99. The van der Waals surface area contributed by atoms with Crippen molar-refractivity contribution in [3.63, 3.8) is 0 Å². The lowest BCUT2D eigenvalue weighted by Gasteiger charge is -2.42. The fourth-order valence-corrected chi connectivity index (χ4v) is 5.46. The fraction of sp³-hybridized carbons (Fsp3) is 0.520. The molecule has 1 spiro atoms. The molecule has 9 heteroatoms. The average molecular weight is 476 g/mol. The van der Waals surface area contributed by atoms with Gasteiger partial charge in [0.2, 0.25) is 0 Å². The molecule has 2 aromatic rings. The highest BCUT2D eigenvalue weighted by Gasteiger charge is 2.49. The van der Waals surface area contributed by atoms with Crippen LogP contribution in [0.25, 0.3) is 0 Å². The van der Waals surface area contributed by atoms with Gasteiger partial charge < -0.3 is 19.0 Å². The number of furan rings is 1. The summed E-state index contributed by atoms with van der Waals surface area (Å²) in [5.41, 5.74) is -0.432. The number of aryl methyl sites for hydroxylation is 2. The summed E-state index contributed by atoms with van der Waals surface area (Å²) >= 11 is 0. The van der Waals surface area contributed by atoms with E-state index < -0.39 is 11.7 Å². The van der Waals surface area contributed by atoms with E-state index in [1.165, 1.54) is 6.07 Å². The van der Waals surface area contributed by atoms with Crippen molar-refractivity contribution < 1.29 is 27.1 Å². The first-order valence-electron chi connectivity index (χ1n) is 11.3. The van der Waals surface area contributed by atoms with Gasteiger partial charge in [-0.2, -0.15) is 18.4 Å². The molecule has 1 atom stereocenters. The second-order valence-electron chi connectivity index (χ2n) is 9.35. The quantitative estimate of drug-likeness (QED) is 0.636. The number of halogens is 3. The Morgan fingerprint density at radius 2 is 1.97 bits per heavy atom. The zero-order valence-corrected chi connectivity index (χ0v) is 19.5. The monoisotopic (exact) mass is 475 g/mol. The third-order valence-corrected chi connectivity index (χ3v) is 7.29. The number of carbonyl (C=O) groups is 1. The van der Waals surface area contributed by atoms with E-state index in [2.05, 4.69) is 0 Å². The standard InChI is InChI=1S/C25H28F3N3O3/c1-16-10-21(17(2)34-16)23(32)30-8-6-24(7-9-30)15-31(13-19(24)14-33-3)20-5-4-18(12-29)22(11-20)25(26,27)28/h4-5,10-11,19H,6-9,13-15H2,1-3H3. The zero-order chi connectivity index (χ0) is 24.7. The van der Waals surface area contributed by atoms with Crippen molar-refractivity contribution in [2.24, 2.45) is 11.3 Å². The lowest BCUT2D eigenvalue weighted by Crippen LogP contribution is -2.47. The van der Waals surface area contributed by atoms with Crippen molar-refractivity contribution in [1.82, 2.24) is 4.90 Å². The number of amides is 1. The smallest absolute Gasteiger partial charge is 0.417 e. The van der Waals surface area contributed by atoms with Crippen LogP contribution in [0.3, 0.4) is 0 Å². The van der Waals surface area contributed by atoms with Gasteiger partial charge in [-0.15, -0.1) is 0 Å². The topological polar surface area (TPSA) is 69.7 Å². The molecule has 0 aliphatic carbocycles. The number of hydrogen-bond donors (Lipinski definition) is 0. The summed E-state index contributed by atoms with van der Waals surface area (Å²) in [6, 6.07) is 7.29. The number of likely N-dealkylation sites (tertiary alicyclic amines) is 1. The molecule has 1 aromatic heterocycles. The van der Waals surface area contributed by atoms with Crippen LogP contribution in [0.4, 0.5) is 18.9 Å². The summed E-state index contributed by atoms with van der Waals surface area (Å²) in [4.78, 5) is 16.8. The summed E-state index contributed by atoms with van der Waals surface area (Å²) in [7, 11) is 1.63. The average Bonchev–Trinajstić information content (AvgIpc) is 3.32. The first-order chi connectivity index (χ1) is 16.1. The van der Waals surface area contributed by atoms with E-state index in [-0.39, 0.29) is 22.8 Å². The number of nitriles is 1. The van der Waals surface area contributed by atoms with Crippen LogP contribution >= 0.6 is 0 Å². The van der Waals surface area contributed by atoms with E-state index in [4.69, 9.17) is 14.4 Å². The number of methoxy groups -OCH3 is 1. The summed E-state index contributed by atoms with van der Waals surface area (Å²) in [5, 5.41) is 9.10. The van der Waals surface area contributed by atoms with Gasteiger partial charge in [0.1, 0.15) is 11.5 Å². The Balaban J connectivity index is 1.54. The van der Waals surface area contributed by atoms with Gasteiger partial charge in [-0.1, -0.05) is 0 Å². The predicted octanol–water partition coefficient (Wildman–Crippen LogP) is 4.79. The van der Waals surface area contributed by atoms with E-state index in [9.17, 15) is 18.0 Å². The van der Waals surface area contributed by atoms with E-state index in [1.807, 2.05) is 16.7 Å². The molecule has 0 N–H and O–H groups in total. The molecule has 34 heavy (non-hydrogen) atoms. The number of nitrogens with zero attached hydrogens (tertiary/aromatic N) is 3. The molecular weight excluding hydrogens is 447 g/mol. The molecule has 2 fully saturated rings. The van der Waals surface area contributed by atoms with Crippen molar-refractivity contribution in [3.05, 3.63) is 52.5 Å². The molecule has 0 bridgehead atoms. The minimum absolute atomic E-state index is 0.0516. The molecular formula is C25H28F3N3O3. The van der Waals surface area contributed by atoms with Crippen LogP contribution in [0.5, 0.6) is 0 Å². The van der Waals surface area contributed by atoms with Gasteiger partial charge in [0, 0.05) is 44.9 Å². The number of hydrogen-bond acceptors (Lipinski definition) is 5. The highest BCUT2D eigenvalue weighted by Crippen LogP contribution is 2.47. The van der Waals surface area contributed by atoms with Crippen LogP contribution in [0.2, 0.25) is 0 Å². The summed E-state index contributed by atoms with van der Waals surface area (Å²) in [6.45, 7) is 6.36. The van der Waals surface area contributed by atoms with Gasteiger partial charge in [-0.25, -0.2) is 0 Å². The number of piperidine rings is 1. The predicted molar refractivity (Wildman–Crippen MR) is 119 cm³/mol. The lowest BCUT2D eigenvalue weighted by atomic mass is 9.71. The number of carbonyl (C=O) groups excluding carboxylic acids is 1. The van der Waals surface area contributed by atoms with Gasteiger partial charge in [0.25, 0.3) is 5.91 Å². The number of anilines is 1. The highest BCUT2D eigenvalue weighted by atomic mass is 19.4. The largest absolute Gasteiger partial charge is 0.466 e. The van der Waals surface area contributed by atoms with Crippen LogP contribution in [0.1, 0.15) is 45.8 Å². The Bertz CT molecular complexity index is 1110. The minimum atomic E-state index is -4.60. The maximum Gasteiger partial charge on any atom is 0.417 e. The van der Waals surface area contributed by atoms with Crippen molar-refractivity contribution in [2.75, 3.05) is 44.8 Å². The molecule has 1 unspecified atom stereocenters. The second-order valence-corrected chi connectivity index (χ2v) is 9.35. The van der Waals surface area contributed by atoms with Crippen LogP contribution < -0.4 is 4.90 Å². The molecule has 1 amide bonds. The molecule has 2 aliphatic heterocycles. The Morgan fingerprint density at radius 1 is 1.26 bits per heavy atom. The third-order valence-electron chi connectivity index (χ3n) is 7.29. The van der Waals surface area contributed by atoms with E-state index in [1.54, 1.807) is 32.2 Å². The van der Waals surface area contributed by atoms with Crippen LogP contribution in [-0.2, 0) is 10.9 Å². The third kappa shape index (κ3) is 4.39. The molecule has 2 saturated heterocycles. The van der Waals surface area contributed by atoms with E-state index >= 15 is 0 Å². The molecule has 3 heterocycles.